The molecule has 0 bridgehead atoms. The Labute approximate surface area is 172 Å². The molecular weight excluding hydrogens is 421 g/mol. The Hall–Kier alpha value is -2.61. The Morgan fingerprint density at radius 3 is 2.46 bits per heavy atom. The van der Waals surface area contributed by atoms with Gasteiger partial charge >= 0.3 is 0 Å². The maximum atomic E-state index is 12.7. The second-order valence-electron chi connectivity index (χ2n) is 5.80. The van der Waals surface area contributed by atoms with Crippen LogP contribution in [0.25, 0.3) is 0 Å². The number of pyridine rings is 1. The van der Waals surface area contributed by atoms with Gasteiger partial charge in [0, 0.05) is 35.2 Å². The summed E-state index contributed by atoms with van der Waals surface area (Å²) in [5.41, 5.74) is 1.32. The van der Waals surface area contributed by atoms with Crippen LogP contribution in [0.2, 0.25) is 10.0 Å². The van der Waals surface area contributed by atoms with Gasteiger partial charge in [-0.25, -0.2) is 8.42 Å². The van der Waals surface area contributed by atoms with Crippen molar-refractivity contribution in [1.82, 2.24) is 10.3 Å². The number of hydrogen-bond acceptors (Lipinski definition) is 4. The third-order valence-electron chi connectivity index (χ3n) is 3.76. The quantitative estimate of drug-likeness (QED) is 0.609. The van der Waals surface area contributed by atoms with Crippen molar-refractivity contribution in [3.8, 4) is 0 Å². The van der Waals surface area contributed by atoms with E-state index in [-0.39, 0.29) is 22.0 Å². The minimum absolute atomic E-state index is 0.00488. The van der Waals surface area contributed by atoms with Crippen molar-refractivity contribution in [1.29, 1.82) is 0 Å². The van der Waals surface area contributed by atoms with Gasteiger partial charge in [0.25, 0.3) is 15.9 Å². The number of anilines is 1. The summed E-state index contributed by atoms with van der Waals surface area (Å²) < 4.78 is 27.8. The molecule has 0 aliphatic heterocycles. The van der Waals surface area contributed by atoms with Gasteiger partial charge in [0.2, 0.25) is 0 Å². The van der Waals surface area contributed by atoms with Crippen LogP contribution in [0, 0.1) is 0 Å². The van der Waals surface area contributed by atoms with Gasteiger partial charge in [-0.1, -0.05) is 29.3 Å². The summed E-state index contributed by atoms with van der Waals surface area (Å²) in [5, 5.41) is 3.20. The first-order chi connectivity index (χ1) is 13.3. The first kappa shape index (κ1) is 20.1. The molecule has 1 aromatic heterocycles. The lowest BCUT2D eigenvalue weighted by molar-refractivity contribution is 0.0950. The number of nitrogens with zero attached hydrogens (tertiary/aromatic N) is 1. The van der Waals surface area contributed by atoms with E-state index in [2.05, 4.69) is 15.0 Å². The van der Waals surface area contributed by atoms with Gasteiger partial charge in [-0.2, -0.15) is 0 Å². The molecule has 2 N–H and O–H groups in total. The van der Waals surface area contributed by atoms with Crippen LogP contribution in [-0.2, 0) is 16.6 Å². The standard InChI is InChI=1S/C19H15Cl2N3O3S/c20-15-4-6-16(7-5-15)24-28(26,27)18-10-14(3-8-17(18)21)19(25)23-12-13-2-1-9-22-11-13/h1-11,24H,12H2,(H,23,25). The molecule has 9 heteroatoms. The minimum atomic E-state index is -4.00. The smallest absolute Gasteiger partial charge is 0.263 e. The summed E-state index contributed by atoms with van der Waals surface area (Å²) in [6, 6.07) is 13.8. The molecular formula is C19H15Cl2N3O3S. The number of aromatic nitrogens is 1. The number of sulfonamides is 1. The molecule has 28 heavy (non-hydrogen) atoms. The van der Waals surface area contributed by atoms with E-state index < -0.39 is 15.9 Å². The lowest BCUT2D eigenvalue weighted by atomic mass is 10.2. The van der Waals surface area contributed by atoms with Gasteiger partial charge in [0.1, 0.15) is 4.90 Å². The lowest BCUT2D eigenvalue weighted by Crippen LogP contribution is -2.23. The van der Waals surface area contributed by atoms with Crippen molar-refractivity contribution in [2.75, 3.05) is 4.72 Å². The number of carbonyl (C=O) groups excluding carboxylic acids is 1. The van der Waals surface area contributed by atoms with Gasteiger partial charge < -0.3 is 5.32 Å². The fraction of sp³-hybridized carbons (Fsp3) is 0.0526. The highest BCUT2D eigenvalue weighted by Crippen LogP contribution is 2.25. The first-order valence-corrected chi connectivity index (χ1v) is 10.3. The van der Waals surface area contributed by atoms with Crippen molar-refractivity contribution < 1.29 is 13.2 Å². The molecule has 0 saturated heterocycles. The predicted octanol–water partition coefficient (Wildman–Crippen LogP) is 4.12. The number of hydrogen-bond donors (Lipinski definition) is 2. The van der Waals surface area contributed by atoms with Gasteiger partial charge in [-0.05, 0) is 54.1 Å². The molecule has 3 aromatic rings. The number of nitrogens with one attached hydrogen (secondary N) is 2. The molecule has 0 saturated carbocycles. The van der Waals surface area contributed by atoms with E-state index in [1.54, 1.807) is 30.6 Å². The fourth-order valence-electron chi connectivity index (χ4n) is 2.37. The number of halogens is 2. The maximum absolute atomic E-state index is 12.7. The van der Waals surface area contributed by atoms with Crippen LogP contribution in [-0.4, -0.2) is 19.3 Å². The SMILES string of the molecule is O=C(NCc1cccnc1)c1ccc(Cl)c(S(=O)(=O)Nc2ccc(Cl)cc2)c1. The van der Waals surface area contributed by atoms with Crippen molar-refractivity contribution in [2.45, 2.75) is 11.4 Å². The molecule has 1 amide bonds. The molecule has 2 aromatic carbocycles. The molecule has 0 aliphatic carbocycles. The lowest BCUT2D eigenvalue weighted by Gasteiger charge is -2.11. The topological polar surface area (TPSA) is 88.2 Å². The molecule has 0 radical (unpaired) electrons. The molecule has 0 aliphatic rings. The van der Waals surface area contributed by atoms with E-state index in [4.69, 9.17) is 23.2 Å². The molecule has 0 unspecified atom stereocenters. The molecule has 3 rings (SSSR count). The van der Waals surface area contributed by atoms with Crippen LogP contribution < -0.4 is 10.0 Å². The van der Waals surface area contributed by atoms with Crippen LogP contribution in [0.5, 0.6) is 0 Å². The summed E-state index contributed by atoms with van der Waals surface area (Å²) >= 11 is 11.9. The number of rotatable bonds is 6. The average Bonchev–Trinajstić information content (AvgIpc) is 2.69. The fourth-order valence-corrected chi connectivity index (χ4v) is 4.08. The van der Waals surface area contributed by atoms with E-state index in [0.29, 0.717) is 10.7 Å². The average molecular weight is 436 g/mol. The van der Waals surface area contributed by atoms with Gasteiger partial charge in [-0.3, -0.25) is 14.5 Å². The number of amides is 1. The molecule has 0 spiro atoms. The minimum Gasteiger partial charge on any atom is -0.348 e. The van der Waals surface area contributed by atoms with Gasteiger partial charge in [0.05, 0.1) is 5.02 Å². The third kappa shape index (κ3) is 5.01. The van der Waals surface area contributed by atoms with Gasteiger partial charge in [0.15, 0.2) is 0 Å². The van der Waals surface area contributed by atoms with E-state index in [1.165, 1.54) is 30.3 Å². The third-order valence-corrected chi connectivity index (χ3v) is 5.87. The van der Waals surface area contributed by atoms with E-state index in [9.17, 15) is 13.2 Å². The molecule has 6 nitrogen and oxygen atoms in total. The highest BCUT2D eigenvalue weighted by atomic mass is 35.5. The molecule has 0 atom stereocenters. The highest BCUT2D eigenvalue weighted by molar-refractivity contribution is 7.92. The first-order valence-electron chi connectivity index (χ1n) is 8.10. The molecule has 0 fully saturated rings. The monoisotopic (exact) mass is 435 g/mol. The Kier molecular flexibility index (Phi) is 6.18. The van der Waals surface area contributed by atoms with E-state index in [1.807, 2.05) is 6.07 Å². The Balaban J connectivity index is 1.80. The Morgan fingerprint density at radius 1 is 1.04 bits per heavy atom. The summed E-state index contributed by atoms with van der Waals surface area (Å²) in [6.07, 6.45) is 3.27. The molecule has 1 heterocycles. The summed E-state index contributed by atoms with van der Waals surface area (Å²) in [6.45, 7) is 0.264. The predicted molar refractivity (Wildman–Crippen MR) is 109 cm³/mol. The van der Waals surface area contributed by atoms with Crippen molar-refractivity contribution >= 4 is 44.8 Å². The highest BCUT2D eigenvalue weighted by Gasteiger charge is 2.20. The summed E-state index contributed by atoms with van der Waals surface area (Å²) in [5.74, 6) is -0.427. The van der Waals surface area contributed by atoms with Crippen LogP contribution >= 0.6 is 23.2 Å². The van der Waals surface area contributed by atoms with Crippen LogP contribution in [0.4, 0.5) is 5.69 Å². The number of benzene rings is 2. The van der Waals surface area contributed by atoms with Crippen LogP contribution in [0.15, 0.2) is 71.9 Å². The van der Waals surface area contributed by atoms with E-state index in [0.717, 1.165) is 5.56 Å². The zero-order valence-electron chi connectivity index (χ0n) is 14.4. The Morgan fingerprint density at radius 2 is 1.79 bits per heavy atom. The summed E-state index contributed by atoms with van der Waals surface area (Å²) in [4.78, 5) is 16.2. The second kappa shape index (κ2) is 8.60. The zero-order valence-corrected chi connectivity index (χ0v) is 16.7. The number of carbonyl (C=O) groups is 1. The normalized spacial score (nSPS) is 11.1. The van der Waals surface area contributed by atoms with E-state index >= 15 is 0 Å². The van der Waals surface area contributed by atoms with Gasteiger partial charge in [-0.15, -0.1) is 0 Å². The second-order valence-corrected chi connectivity index (χ2v) is 8.30. The van der Waals surface area contributed by atoms with Crippen molar-refractivity contribution in [3.05, 3.63) is 88.2 Å². The van der Waals surface area contributed by atoms with Crippen molar-refractivity contribution in [2.24, 2.45) is 0 Å². The zero-order chi connectivity index (χ0) is 20.1. The Bertz CT molecular complexity index is 1090. The van der Waals surface area contributed by atoms with Crippen LogP contribution in [0.1, 0.15) is 15.9 Å². The largest absolute Gasteiger partial charge is 0.348 e. The summed E-state index contributed by atoms with van der Waals surface area (Å²) in [7, 11) is -4.00. The maximum Gasteiger partial charge on any atom is 0.263 e. The van der Waals surface area contributed by atoms with Crippen LogP contribution in [0.3, 0.4) is 0 Å². The molecule has 144 valence electrons. The van der Waals surface area contributed by atoms with Crippen molar-refractivity contribution in [3.63, 3.8) is 0 Å².